The Kier molecular flexibility index (Phi) is 7.00. The Morgan fingerprint density at radius 2 is 1.95 bits per heavy atom. The maximum atomic E-state index is 13.7. The lowest BCUT2D eigenvalue weighted by molar-refractivity contribution is 0.380. The molecule has 1 aromatic carbocycles. The van der Waals surface area contributed by atoms with Crippen molar-refractivity contribution in [3.63, 3.8) is 0 Å². The van der Waals surface area contributed by atoms with E-state index in [1.54, 1.807) is 12.1 Å². The third-order valence-corrected chi connectivity index (χ3v) is 3.46. The Morgan fingerprint density at radius 3 is 2.58 bits per heavy atom. The van der Waals surface area contributed by atoms with Crippen LogP contribution in [0.25, 0.3) is 0 Å². The largest absolute Gasteiger partial charge is 0.314 e. The van der Waals surface area contributed by atoms with Crippen LogP contribution in [-0.4, -0.2) is 12.6 Å². The third-order valence-electron chi connectivity index (χ3n) is 3.46. The quantitative estimate of drug-likeness (QED) is 0.741. The van der Waals surface area contributed by atoms with Gasteiger partial charge in [-0.1, -0.05) is 45.7 Å². The minimum atomic E-state index is -0.755. The summed E-state index contributed by atoms with van der Waals surface area (Å²) in [5, 5.41) is 3.38. The molecule has 0 aliphatic rings. The lowest BCUT2D eigenvalue weighted by Crippen LogP contribution is -2.33. The van der Waals surface area contributed by atoms with Crippen LogP contribution in [0.1, 0.15) is 45.6 Å². The fraction of sp³-hybridized carbons (Fsp3) is 0.625. The van der Waals surface area contributed by atoms with Gasteiger partial charge in [-0.05, 0) is 36.9 Å². The summed E-state index contributed by atoms with van der Waals surface area (Å²) >= 11 is 0. The van der Waals surface area contributed by atoms with Gasteiger partial charge in [-0.15, -0.1) is 0 Å². The molecule has 2 unspecified atom stereocenters. The fourth-order valence-corrected chi connectivity index (χ4v) is 2.60. The number of halogens is 2. The molecule has 1 rings (SSSR count). The minimum Gasteiger partial charge on any atom is -0.314 e. The second-order valence-corrected chi connectivity index (χ2v) is 5.30. The highest BCUT2D eigenvalue weighted by Crippen LogP contribution is 2.18. The molecule has 3 heteroatoms. The SMILES string of the molecule is CCCC(C)CC(Cc1cccc(F)c1F)NCC. The summed E-state index contributed by atoms with van der Waals surface area (Å²) < 4.78 is 26.9. The van der Waals surface area contributed by atoms with Crippen molar-refractivity contribution >= 4 is 0 Å². The molecule has 1 aromatic rings. The Hall–Kier alpha value is -0.960. The fourth-order valence-electron chi connectivity index (χ4n) is 2.60. The highest BCUT2D eigenvalue weighted by Gasteiger charge is 2.16. The third kappa shape index (κ3) is 5.27. The molecular weight excluding hydrogens is 244 g/mol. The Bertz CT molecular complexity index is 379. The van der Waals surface area contributed by atoms with Gasteiger partial charge in [-0.25, -0.2) is 8.78 Å². The molecule has 0 radical (unpaired) electrons. The van der Waals surface area contributed by atoms with Gasteiger partial charge in [0.1, 0.15) is 0 Å². The highest BCUT2D eigenvalue weighted by molar-refractivity contribution is 5.20. The topological polar surface area (TPSA) is 12.0 Å². The standard InChI is InChI=1S/C16H25F2N/c1-4-7-12(3)10-14(19-5-2)11-13-8-6-9-15(17)16(13)18/h6,8-9,12,14,19H,4-5,7,10-11H2,1-3H3. The first kappa shape index (κ1) is 16.1. The van der Waals surface area contributed by atoms with E-state index < -0.39 is 11.6 Å². The number of benzene rings is 1. The highest BCUT2D eigenvalue weighted by atomic mass is 19.2. The lowest BCUT2D eigenvalue weighted by Gasteiger charge is -2.22. The maximum absolute atomic E-state index is 13.7. The van der Waals surface area contributed by atoms with Crippen LogP contribution in [0, 0.1) is 17.6 Å². The smallest absolute Gasteiger partial charge is 0.162 e. The summed E-state index contributed by atoms with van der Waals surface area (Å²) in [4.78, 5) is 0. The van der Waals surface area contributed by atoms with E-state index in [4.69, 9.17) is 0 Å². The molecule has 0 amide bonds. The van der Waals surface area contributed by atoms with Gasteiger partial charge in [0.2, 0.25) is 0 Å². The number of likely N-dealkylation sites (N-methyl/N-ethyl adjacent to an activating group) is 1. The van der Waals surface area contributed by atoms with Gasteiger partial charge in [0.05, 0.1) is 0 Å². The van der Waals surface area contributed by atoms with Crippen molar-refractivity contribution in [1.82, 2.24) is 5.32 Å². The van der Waals surface area contributed by atoms with Crippen molar-refractivity contribution in [1.29, 1.82) is 0 Å². The number of hydrogen-bond acceptors (Lipinski definition) is 1. The molecule has 0 saturated carbocycles. The van der Waals surface area contributed by atoms with Gasteiger partial charge in [-0.3, -0.25) is 0 Å². The molecule has 0 aliphatic heterocycles. The maximum Gasteiger partial charge on any atom is 0.162 e. The van der Waals surface area contributed by atoms with Crippen molar-refractivity contribution in [2.45, 2.75) is 52.5 Å². The van der Waals surface area contributed by atoms with Crippen molar-refractivity contribution in [2.75, 3.05) is 6.54 Å². The Labute approximate surface area is 115 Å². The van der Waals surface area contributed by atoms with E-state index in [0.29, 0.717) is 17.9 Å². The zero-order valence-corrected chi connectivity index (χ0v) is 12.2. The van der Waals surface area contributed by atoms with Gasteiger partial charge in [-0.2, -0.15) is 0 Å². The van der Waals surface area contributed by atoms with Crippen LogP contribution in [0.2, 0.25) is 0 Å². The van der Waals surface area contributed by atoms with E-state index in [1.165, 1.54) is 12.5 Å². The van der Waals surface area contributed by atoms with Crippen LogP contribution in [0.4, 0.5) is 8.78 Å². The molecule has 0 aromatic heterocycles. The van der Waals surface area contributed by atoms with Crippen LogP contribution in [0.3, 0.4) is 0 Å². The average Bonchev–Trinajstić information content (AvgIpc) is 2.35. The molecule has 0 bridgehead atoms. The van der Waals surface area contributed by atoms with Gasteiger partial charge in [0, 0.05) is 6.04 Å². The van der Waals surface area contributed by atoms with Gasteiger partial charge >= 0.3 is 0 Å². The van der Waals surface area contributed by atoms with Gasteiger partial charge < -0.3 is 5.32 Å². The van der Waals surface area contributed by atoms with Crippen molar-refractivity contribution in [3.8, 4) is 0 Å². The molecule has 1 nitrogen and oxygen atoms in total. The zero-order chi connectivity index (χ0) is 14.3. The molecule has 108 valence electrons. The van der Waals surface area contributed by atoms with E-state index in [2.05, 4.69) is 19.2 Å². The molecule has 0 fully saturated rings. The predicted octanol–water partition coefficient (Wildman–Crippen LogP) is 4.31. The molecule has 0 saturated heterocycles. The summed E-state index contributed by atoms with van der Waals surface area (Å²) in [6, 6.07) is 4.63. The molecule has 1 N–H and O–H groups in total. The molecule has 0 aliphatic carbocycles. The first-order chi connectivity index (χ1) is 9.08. The molecule has 0 spiro atoms. The van der Waals surface area contributed by atoms with Crippen LogP contribution < -0.4 is 5.32 Å². The van der Waals surface area contributed by atoms with Crippen LogP contribution in [-0.2, 0) is 6.42 Å². The summed E-state index contributed by atoms with van der Waals surface area (Å²) in [6.45, 7) is 7.28. The second-order valence-electron chi connectivity index (χ2n) is 5.30. The Morgan fingerprint density at radius 1 is 1.21 bits per heavy atom. The van der Waals surface area contributed by atoms with E-state index >= 15 is 0 Å². The zero-order valence-electron chi connectivity index (χ0n) is 12.2. The summed E-state index contributed by atoms with van der Waals surface area (Å²) in [5.74, 6) is -0.853. The van der Waals surface area contributed by atoms with Crippen LogP contribution >= 0.6 is 0 Å². The van der Waals surface area contributed by atoms with Gasteiger partial charge in [0.25, 0.3) is 0 Å². The van der Waals surface area contributed by atoms with Crippen LogP contribution in [0.5, 0.6) is 0 Å². The normalized spacial score (nSPS) is 14.4. The molecule has 2 atom stereocenters. The molecular formula is C16H25F2N. The first-order valence-electron chi connectivity index (χ1n) is 7.24. The number of nitrogens with one attached hydrogen (secondary N) is 1. The molecule has 19 heavy (non-hydrogen) atoms. The van der Waals surface area contributed by atoms with E-state index in [1.807, 2.05) is 6.92 Å². The number of rotatable bonds is 8. The Balaban J connectivity index is 2.69. The summed E-state index contributed by atoms with van der Waals surface area (Å²) in [5.41, 5.74) is 0.467. The monoisotopic (exact) mass is 269 g/mol. The van der Waals surface area contributed by atoms with Gasteiger partial charge in [0.15, 0.2) is 11.6 Å². The number of hydrogen-bond donors (Lipinski definition) is 1. The van der Waals surface area contributed by atoms with Crippen LogP contribution in [0.15, 0.2) is 18.2 Å². The molecule has 0 heterocycles. The summed E-state index contributed by atoms with van der Waals surface area (Å²) in [7, 11) is 0. The van der Waals surface area contributed by atoms with Crippen molar-refractivity contribution < 1.29 is 8.78 Å². The average molecular weight is 269 g/mol. The minimum absolute atomic E-state index is 0.211. The van der Waals surface area contributed by atoms with E-state index in [9.17, 15) is 8.78 Å². The first-order valence-corrected chi connectivity index (χ1v) is 7.24. The van der Waals surface area contributed by atoms with Crippen molar-refractivity contribution in [2.24, 2.45) is 5.92 Å². The predicted molar refractivity (Wildman–Crippen MR) is 76.2 cm³/mol. The van der Waals surface area contributed by atoms with E-state index in [0.717, 1.165) is 19.4 Å². The lowest BCUT2D eigenvalue weighted by atomic mass is 9.93. The van der Waals surface area contributed by atoms with Crippen molar-refractivity contribution in [3.05, 3.63) is 35.4 Å². The second kappa shape index (κ2) is 8.26. The summed E-state index contributed by atoms with van der Waals surface area (Å²) in [6.07, 6.45) is 3.88. The van der Waals surface area contributed by atoms with E-state index in [-0.39, 0.29) is 6.04 Å².